The summed E-state index contributed by atoms with van der Waals surface area (Å²) in [6.45, 7) is 1.45. The summed E-state index contributed by atoms with van der Waals surface area (Å²) in [5.41, 5.74) is 0. The molecule has 8 nitrogen and oxygen atoms in total. The van der Waals surface area contributed by atoms with Gasteiger partial charge in [-0.1, -0.05) is 0 Å². The minimum atomic E-state index is 0.723. The maximum atomic E-state index is 4.02. The standard InChI is InChI=1S/C8H12N8/c1-2-4-8-10-12-14-16(8)6-5-15-7(3-1)9-11-13-15/h1-6H2. The molecule has 0 spiro atoms. The number of nitrogens with zero attached hydrogens (tertiary/aromatic N) is 8. The molecule has 84 valence electrons. The van der Waals surface area contributed by atoms with Crippen molar-refractivity contribution in [1.29, 1.82) is 0 Å². The van der Waals surface area contributed by atoms with Crippen LogP contribution in [-0.4, -0.2) is 40.4 Å². The highest BCUT2D eigenvalue weighted by molar-refractivity contribution is 4.86. The third-order valence-corrected chi connectivity index (χ3v) is 2.79. The molecule has 1 aliphatic heterocycles. The number of tetrazole rings is 2. The third kappa shape index (κ3) is 1.66. The maximum Gasteiger partial charge on any atom is 0.151 e. The van der Waals surface area contributed by atoms with Crippen LogP contribution in [0.1, 0.15) is 24.5 Å². The van der Waals surface area contributed by atoms with Gasteiger partial charge in [0.1, 0.15) is 0 Å². The first-order valence-electron chi connectivity index (χ1n) is 5.43. The van der Waals surface area contributed by atoms with E-state index in [-0.39, 0.29) is 0 Å². The minimum absolute atomic E-state index is 0.723. The summed E-state index contributed by atoms with van der Waals surface area (Å²) >= 11 is 0. The molecule has 0 N–H and O–H groups in total. The molecule has 0 aliphatic carbocycles. The van der Waals surface area contributed by atoms with Gasteiger partial charge in [0, 0.05) is 12.8 Å². The highest BCUT2D eigenvalue weighted by atomic mass is 15.6. The largest absolute Gasteiger partial charge is 0.228 e. The molecule has 16 heavy (non-hydrogen) atoms. The van der Waals surface area contributed by atoms with Crippen molar-refractivity contribution in [1.82, 2.24) is 40.4 Å². The van der Waals surface area contributed by atoms with Gasteiger partial charge in [-0.3, -0.25) is 0 Å². The lowest BCUT2D eigenvalue weighted by Gasteiger charge is -2.08. The van der Waals surface area contributed by atoms with Crippen molar-refractivity contribution in [2.75, 3.05) is 0 Å². The van der Waals surface area contributed by atoms with Gasteiger partial charge < -0.3 is 0 Å². The van der Waals surface area contributed by atoms with Crippen molar-refractivity contribution in [2.45, 2.75) is 38.8 Å². The SMILES string of the molecule is C1CCc2nnnn2CCn2nnnc2C1. The minimum Gasteiger partial charge on any atom is -0.228 e. The summed E-state index contributed by atoms with van der Waals surface area (Å²) in [7, 11) is 0. The summed E-state index contributed by atoms with van der Waals surface area (Å²) in [6, 6.07) is 0. The fraction of sp³-hybridized carbons (Fsp3) is 0.750. The molecular weight excluding hydrogens is 208 g/mol. The highest BCUT2D eigenvalue weighted by Gasteiger charge is 2.11. The highest BCUT2D eigenvalue weighted by Crippen LogP contribution is 2.07. The van der Waals surface area contributed by atoms with Crippen LogP contribution in [0.2, 0.25) is 0 Å². The van der Waals surface area contributed by atoms with Crippen LogP contribution in [0, 0.1) is 0 Å². The summed E-state index contributed by atoms with van der Waals surface area (Å²) in [5.74, 6) is 1.91. The first-order chi connectivity index (χ1) is 7.93. The lowest BCUT2D eigenvalue weighted by atomic mass is 10.1. The van der Waals surface area contributed by atoms with Gasteiger partial charge in [-0.15, -0.1) is 10.2 Å². The van der Waals surface area contributed by atoms with Gasteiger partial charge in [0.2, 0.25) is 0 Å². The van der Waals surface area contributed by atoms with Crippen LogP contribution in [0.5, 0.6) is 0 Å². The molecule has 3 heterocycles. The van der Waals surface area contributed by atoms with E-state index in [9.17, 15) is 0 Å². The predicted molar refractivity (Wildman–Crippen MR) is 52.3 cm³/mol. The number of rotatable bonds is 0. The Bertz CT molecular complexity index is 428. The topological polar surface area (TPSA) is 87.2 Å². The lowest BCUT2D eigenvalue weighted by Crippen LogP contribution is -2.16. The van der Waals surface area contributed by atoms with Crippen LogP contribution < -0.4 is 0 Å². The van der Waals surface area contributed by atoms with E-state index in [2.05, 4.69) is 31.1 Å². The zero-order valence-electron chi connectivity index (χ0n) is 8.82. The van der Waals surface area contributed by atoms with E-state index in [0.29, 0.717) is 0 Å². The molecule has 0 bridgehead atoms. The zero-order chi connectivity index (χ0) is 10.8. The van der Waals surface area contributed by atoms with E-state index in [1.807, 2.05) is 9.36 Å². The molecule has 3 rings (SSSR count). The fourth-order valence-electron chi connectivity index (χ4n) is 1.91. The fourth-order valence-corrected chi connectivity index (χ4v) is 1.91. The monoisotopic (exact) mass is 220 g/mol. The average molecular weight is 220 g/mol. The zero-order valence-corrected chi connectivity index (χ0v) is 8.82. The van der Waals surface area contributed by atoms with Crippen LogP contribution in [-0.2, 0) is 25.9 Å². The smallest absolute Gasteiger partial charge is 0.151 e. The van der Waals surface area contributed by atoms with E-state index in [4.69, 9.17) is 0 Å². The Morgan fingerprint density at radius 1 is 0.750 bits per heavy atom. The van der Waals surface area contributed by atoms with Gasteiger partial charge >= 0.3 is 0 Å². The Kier molecular flexibility index (Phi) is 2.31. The average Bonchev–Trinajstić information content (AvgIpc) is 2.91. The van der Waals surface area contributed by atoms with Crippen molar-refractivity contribution in [3.05, 3.63) is 11.6 Å². The molecule has 8 heteroatoms. The molecule has 0 saturated carbocycles. The molecular formula is C8H12N8. The molecule has 0 radical (unpaired) electrons. The molecule has 0 saturated heterocycles. The van der Waals surface area contributed by atoms with Crippen molar-refractivity contribution in [3.8, 4) is 0 Å². The second-order valence-electron chi connectivity index (χ2n) is 3.84. The number of hydrogen-bond acceptors (Lipinski definition) is 6. The Morgan fingerprint density at radius 3 is 1.75 bits per heavy atom. The van der Waals surface area contributed by atoms with Crippen LogP contribution in [0.25, 0.3) is 0 Å². The Balaban J connectivity index is 1.87. The lowest BCUT2D eigenvalue weighted by molar-refractivity contribution is 0.445. The van der Waals surface area contributed by atoms with Gasteiger partial charge in [-0.2, -0.15) is 0 Å². The van der Waals surface area contributed by atoms with Crippen molar-refractivity contribution < 1.29 is 0 Å². The second-order valence-corrected chi connectivity index (χ2v) is 3.84. The van der Waals surface area contributed by atoms with E-state index in [1.54, 1.807) is 0 Å². The van der Waals surface area contributed by atoms with E-state index in [1.165, 1.54) is 0 Å². The normalized spacial score (nSPS) is 16.5. The second kappa shape index (κ2) is 3.95. The summed E-state index contributed by atoms with van der Waals surface area (Å²) in [5, 5.41) is 23.3. The van der Waals surface area contributed by atoms with Crippen LogP contribution in [0.15, 0.2) is 0 Å². The van der Waals surface area contributed by atoms with E-state index < -0.39 is 0 Å². The number of hydrogen-bond donors (Lipinski definition) is 0. The number of aromatic nitrogens is 8. The molecule has 0 unspecified atom stereocenters. The third-order valence-electron chi connectivity index (χ3n) is 2.79. The van der Waals surface area contributed by atoms with Gasteiger partial charge in [0.25, 0.3) is 0 Å². The van der Waals surface area contributed by atoms with Crippen molar-refractivity contribution >= 4 is 0 Å². The summed E-state index contributed by atoms with van der Waals surface area (Å²) < 4.78 is 3.66. The molecule has 1 aliphatic rings. The molecule has 0 fully saturated rings. The predicted octanol–water partition coefficient (Wildman–Crippen LogP) is -0.761. The van der Waals surface area contributed by atoms with Crippen molar-refractivity contribution in [3.63, 3.8) is 0 Å². The molecule has 0 amide bonds. The van der Waals surface area contributed by atoms with Crippen LogP contribution in [0.4, 0.5) is 0 Å². The molecule has 0 atom stereocenters. The first-order valence-corrected chi connectivity index (χ1v) is 5.43. The summed E-state index contributed by atoms with van der Waals surface area (Å²) in [6.07, 6.45) is 3.98. The number of aryl methyl sites for hydroxylation is 4. The quantitative estimate of drug-likeness (QED) is 0.580. The summed E-state index contributed by atoms with van der Waals surface area (Å²) in [4.78, 5) is 0. The van der Waals surface area contributed by atoms with Gasteiger partial charge in [0.15, 0.2) is 11.6 Å². The van der Waals surface area contributed by atoms with Crippen LogP contribution in [0.3, 0.4) is 0 Å². The maximum absolute atomic E-state index is 4.02. The van der Waals surface area contributed by atoms with E-state index >= 15 is 0 Å². The first kappa shape index (κ1) is 9.37. The Labute approximate surface area is 91.6 Å². The molecule has 2 aromatic heterocycles. The van der Waals surface area contributed by atoms with Gasteiger partial charge in [-0.05, 0) is 33.7 Å². The Hall–Kier alpha value is -1.86. The van der Waals surface area contributed by atoms with Gasteiger partial charge in [0.05, 0.1) is 13.1 Å². The molecule has 2 aromatic rings. The number of fused-ring (bicyclic) bond motifs is 2. The molecule has 0 aromatic carbocycles. The van der Waals surface area contributed by atoms with Gasteiger partial charge in [-0.25, -0.2) is 9.36 Å². The van der Waals surface area contributed by atoms with Crippen molar-refractivity contribution in [2.24, 2.45) is 0 Å². The van der Waals surface area contributed by atoms with Crippen LogP contribution >= 0.6 is 0 Å². The van der Waals surface area contributed by atoms with E-state index in [0.717, 1.165) is 50.4 Å². The Morgan fingerprint density at radius 2 is 1.25 bits per heavy atom.